The molecule has 0 radical (unpaired) electrons. The molecule has 0 spiro atoms. The van der Waals surface area contributed by atoms with E-state index in [0.717, 1.165) is 25.2 Å². The molecule has 3 nitrogen and oxygen atoms in total. The van der Waals surface area contributed by atoms with E-state index in [1.54, 1.807) is 4.90 Å². The Hall–Kier alpha value is -1.35. The van der Waals surface area contributed by atoms with Crippen molar-refractivity contribution >= 4 is 11.6 Å². The van der Waals surface area contributed by atoms with Crippen LogP contribution in [0.5, 0.6) is 0 Å². The lowest BCUT2D eigenvalue weighted by molar-refractivity contribution is -0.121. The Morgan fingerprint density at radius 3 is 2.47 bits per heavy atom. The second-order valence-electron chi connectivity index (χ2n) is 4.93. The Kier molecular flexibility index (Phi) is 3.48. The Labute approximate surface area is 103 Å². The molecular formula is C14H20N2O. The van der Waals surface area contributed by atoms with Gasteiger partial charge in [0, 0.05) is 19.3 Å². The van der Waals surface area contributed by atoms with Crippen molar-refractivity contribution in [1.29, 1.82) is 0 Å². The minimum absolute atomic E-state index is 0.140. The summed E-state index contributed by atoms with van der Waals surface area (Å²) >= 11 is 0. The second kappa shape index (κ2) is 4.88. The molecule has 1 saturated heterocycles. The van der Waals surface area contributed by atoms with Crippen molar-refractivity contribution in [2.45, 2.75) is 20.3 Å². The van der Waals surface area contributed by atoms with Gasteiger partial charge in [0.25, 0.3) is 0 Å². The van der Waals surface area contributed by atoms with Crippen LogP contribution in [0.3, 0.4) is 0 Å². The van der Waals surface area contributed by atoms with Gasteiger partial charge in [-0.1, -0.05) is 6.07 Å². The van der Waals surface area contributed by atoms with E-state index in [0.29, 0.717) is 0 Å². The number of nitrogens with one attached hydrogen (secondary N) is 1. The van der Waals surface area contributed by atoms with Gasteiger partial charge in [0.05, 0.1) is 5.92 Å². The van der Waals surface area contributed by atoms with Gasteiger partial charge >= 0.3 is 0 Å². The molecule has 1 heterocycles. The Morgan fingerprint density at radius 1 is 1.29 bits per heavy atom. The number of aryl methyl sites for hydroxylation is 2. The predicted octanol–water partition coefficient (Wildman–Crippen LogP) is 1.88. The molecule has 0 aliphatic carbocycles. The maximum Gasteiger partial charge on any atom is 0.231 e. The largest absolute Gasteiger partial charge is 0.316 e. The first-order valence-electron chi connectivity index (χ1n) is 6.14. The quantitative estimate of drug-likeness (QED) is 0.844. The molecule has 3 heteroatoms. The Morgan fingerprint density at radius 2 is 1.94 bits per heavy atom. The van der Waals surface area contributed by atoms with Crippen LogP contribution in [-0.4, -0.2) is 26.0 Å². The van der Waals surface area contributed by atoms with E-state index >= 15 is 0 Å². The summed E-state index contributed by atoms with van der Waals surface area (Å²) < 4.78 is 0. The minimum atomic E-state index is 0.140. The standard InChI is InChI=1S/C14H20N2O/c1-10-6-11(2)8-13(7-10)16(3)14(17)12-4-5-15-9-12/h6-8,12,15H,4-5,9H2,1-3H3. The molecule has 1 fully saturated rings. The normalized spacial score (nSPS) is 19.4. The Balaban J connectivity index is 2.17. The van der Waals surface area contributed by atoms with Crippen LogP contribution in [0.15, 0.2) is 18.2 Å². The number of anilines is 1. The van der Waals surface area contributed by atoms with Crippen molar-refractivity contribution in [2.75, 3.05) is 25.0 Å². The van der Waals surface area contributed by atoms with Crippen molar-refractivity contribution in [3.63, 3.8) is 0 Å². The lowest BCUT2D eigenvalue weighted by atomic mass is 10.1. The molecule has 17 heavy (non-hydrogen) atoms. The van der Waals surface area contributed by atoms with Crippen molar-refractivity contribution in [1.82, 2.24) is 5.32 Å². The summed E-state index contributed by atoms with van der Waals surface area (Å²) in [6.45, 7) is 5.89. The first-order valence-corrected chi connectivity index (χ1v) is 6.14. The van der Waals surface area contributed by atoms with E-state index in [1.807, 2.05) is 7.05 Å². The van der Waals surface area contributed by atoms with E-state index in [2.05, 4.69) is 37.4 Å². The molecule has 1 amide bonds. The number of hydrogen-bond donors (Lipinski definition) is 1. The van der Waals surface area contributed by atoms with Crippen molar-refractivity contribution in [2.24, 2.45) is 5.92 Å². The highest BCUT2D eigenvalue weighted by Crippen LogP contribution is 2.21. The van der Waals surface area contributed by atoms with Gasteiger partial charge < -0.3 is 10.2 Å². The number of amides is 1. The van der Waals surface area contributed by atoms with Crippen molar-refractivity contribution < 1.29 is 4.79 Å². The van der Waals surface area contributed by atoms with Gasteiger partial charge in [0.1, 0.15) is 0 Å². The molecule has 1 aliphatic heterocycles. The van der Waals surface area contributed by atoms with E-state index in [9.17, 15) is 4.79 Å². The van der Waals surface area contributed by atoms with E-state index in [-0.39, 0.29) is 11.8 Å². The van der Waals surface area contributed by atoms with Gasteiger partial charge in [-0.3, -0.25) is 4.79 Å². The number of rotatable bonds is 2. The predicted molar refractivity (Wildman–Crippen MR) is 70.3 cm³/mol. The molecule has 0 saturated carbocycles. The number of carbonyl (C=O) groups is 1. The van der Waals surface area contributed by atoms with Gasteiger partial charge in [0.15, 0.2) is 0 Å². The van der Waals surface area contributed by atoms with E-state index in [1.165, 1.54) is 11.1 Å². The van der Waals surface area contributed by atoms with Gasteiger partial charge in [-0.25, -0.2) is 0 Å². The van der Waals surface area contributed by atoms with Gasteiger partial charge in [-0.05, 0) is 50.1 Å². The summed E-state index contributed by atoms with van der Waals surface area (Å²) in [5.74, 6) is 0.362. The lowest BCUT2D eigenvalue weighted by Crippen LogP contribution is -2.34. The topological polar surface area (TPSA) is 32.3 Å². The molecule has 1 N–H and O–H groups in total. The highest BCUT2D eigenvalue weighted by molar-refractivity contribution is 5.95. The summed E-state index contributed by atoms with van der Waals surface area (Å²) in [4.78, 5) is 14.0. The average Bonchev–Trinajstić information content (AvgIpc) is 2.79. The third kappa shape index (κ3) is 2.67. The van der Waals surface area contributed by atoms with E-state index < -0.39 is 0 Å². The fourth-order valence-corrected chi connectivity index (χ4v) is 2.41. The fourth-order valence-electron chi connectivity index (χ4n) is 2.41. The maximum atomic E-state index is 12.3. The molecule has 2 rings (SSSR count). The number of benzene rings is 1. The molecule has 1 atom stereocenters. The molecule has 1 aromatic rings. The monoisotopic (exact) mass is 232 g/mol. The number of nitrogens with zero attached hydrogens (tertiary/aromatic N) is 1. The van der Waals surface area contributed by atoms with Crippen LogP contribution in [-0.2, 0) is 4.79 Å². The van der Waals surface area contributed by atoms with Crippen molar-refractivity contribution in [3.8, 4) is 0 Å². The van der Waals surface area contributed by atoms with Crippen LogP contribution in [0, 0.1) is 19.8 Å². The minimum Gasteiger partial charge on any atom is -0.316 e. The summed E-state index contributed by atoms with van der Waals surface area (Å²) in [7, 11) is 1.87. The van der Waals surface area contributed by atoms with Crippen LogP contribution in [0.25, 0.3) is 0 Å². The molecule has 92 valence electrons. The highest BCUT2D eigenvalue weighted by atomic mass is 16.2. The van der Waals surface area contributed by atoms with Crippen molar-refractivity contribution in [3.05, 3.63) is 29.3 Å². The van der Waals surface area contributed by atoms with Gasteiger partial charge in [-0.15, -0.1) is 0 Å². The third-order valence-electron chi connectivity index (χ3n) is 3.33. The Bertz CT molecular complexity index is 402. The SMILES string of the molecule is Cc1cc(C)cc(N(C)C(=O)C2CCNC2)c1. The third-order valence-corrected chi connectivity index (χ3v) is 3.33. The lowest BCUT2D eigenvalue weighted by Gasteiger charge is -2.21. The molecule has 1 unspecified atom stereocenters. The van der Waals surface area contributed by atoms with Crippen LogP contribution in [0.1, 0.15) is 17.5 Å². The summed E-state index contributed by atoms with van der Waals surface area (Å²) in [6.07, 6.45) is 0.952. The summed E-state index contributed by atoms with van der Waals surface area (Å²) in [5.41, 5.74) is 3.40. The van der Waals surface area contributed by atoms with Crippen LogP contribution < -0.4 is 10.2 Å². The number of carbonyl (C=O) groups excluding carboxylic acids is 1. The number of hydrogen-bond acceptors (Lipinski definition) is 2. The summed E-state index contributed by atoms with van der Waals surface area (Å²) in [6, 6.07) is 6.25. The first-order chi connectivity index (χ1) is 8.08. The molecule has 0 bridgehead atoms. The first kappa shape index (κ1) is 12.1. The zero-order valence-corrected chi connectivity index (χ0v) is 10.8. The second-order valence-corrected chi connectivity index (χ2v) is 4.93. The molecule has 0 aromatic heterocycles. The van der Waals surface area contributed by atoms with Gasteiger partial charge in [0.2, 0.25) is 5.91 Å². The molecular weight excluding hydrogens is 212 g/mol. The highest BCUT2D eigenvalue weighted by Gasteiger charge is 2.25. The van der Waals surface area contributed by atoms with E-state index in [4.69, 9.17) is 0 Å². The zero-order chi connectivity index (χ0) is 12.4. The van der Waals surface area contributed by atoms with Gasteiger partial charge in [-0.2, -0.15) is 0 Å². The fraction of sp³-hybridized carbons (Fsp3) is 0.500. The van der Waals surface area contributed by atoms with Crippen LogP contribution >= 0.6 is 0 Å². The average molecular weight is 232 g/mol. The maximum absolute atomic E-state index is 12.3. The van der Waals surface area contributed by atoms with Crippen LogP contribution in [0.4, 0.5) is 5.69 Å². The van der Waals surface area contributed by atoms with Crippen LogP contribution in [0.2, 0.25) is 0 Å². The molecule has 1 aliphatic rings. The summed E-state index contributed by atoms with van der Waals surface area (Å²) in [5, 5.41) is 3.23. The molecule has 1 aromatic carbocycles. The smallest absolute Gasteiger partial charge is 0.231 e. The zero-order valence-electron chi connectivity index (χ0n) is 10.8.